The first-order valence-electron chi connectivity index (χ1n) is 8.07. The number of carboxylic acid groups (broad SMARTS) is 1. The van der Waals surface area contributed by atoms with Gasteiger partial charge in [0.2, 0.25) is 10.0 Å². The Bertz CT molecular complexity index is 802. The molecule has 0 bridgehead atoms. The molecular weight excluding hydrogens is 413 g/mol. The molecule has 150 valence electrons. The zero-order valence-corrected chi connectivity index (χ0v) is 17.7. The maximum Gasteiger partial charge on any atom is 0.329 e. The Balaban J connectivity index is 3.10. The molecule has 1 atom stereocenters. The molecule has 0 saturated carbocycles. The monoisotopic (exact) mass is 435 g/mol. The standard InChI is InChI=1S/C18H23Cl2NO5S/c1-13(9-17(20)14(2)19)27(24,25)21(3)16(11-26-12-18(22)23)10-15-7-5-4-6-8-15/h4-9,16H,10-12H2,1-3H3,(H,22,23)/b13-9+,17-14-. The number of ether oxygens (including phenoxy) is 1. The second-order valence-electron chi connectivity index (χ2n) is 5.91. The van der Waals surface area contributed by atoms with Gasteiger partial charge in [-0.3, -0.25) is 0 Å². The van der Waals surface area contributed by atoms with Crippen molar-refractivity contribution in [3.05, 3.63) is 56.9 Å². The molecule has 0 fully saturated rings. The molecule has 0 aliphatic heterocycles. The summed E-state index contributed by atoms with van der Waals surface area (Å²) < 4.78 is 32.1. The Morgan fingerprint density at radius 2 is 1.85 bits per heavy atom. The Morgan fingerprint density at radius 3 is 2.37 bits per heavy atom. The predicted octanol–water partition coefficient (Wildman–Crippen LogP) is 3.57. The minimum atomic E-state index is -3.85. The average Bonchev–Trinajstić information content (AvgIpc) is 2.60. The van der Waals surface area contributed by atoms with Crippen LogP contribution in [0.25, 0.3) is 0 Å². The van der Waals surface area contributed by atoms with E-state index < -0.39 is 28.6 Å². The average molecular weight is 436 g/mol. The minimum Gasteiger partial charge on any atom is -0.480 e. The van der Waals surface area contributed by atoms with Gasteiger partial charge in [0.05, 0.1) is 22.6 Å². The normalized spacial score (nSPS) is 14.8. The Labute approximate surface area is 170 Å². The van der Waals surface area contributed by atoms with Gasteiger partial charge in [0.25, 0.3) is 0 Å². The molecule has 0 heterocycles. The number of aliphatic carboxylic acids is 1. The van der Waals surface area contributed by atoms with Crippen molar-refractivity contribution in [1.29, 1.82) is 0 Å². The topological polar surface area (TPSA) is 83.9 Å². The van der Waals surface area contributed by atoms with E-state index >= 15 is 0 Å². The summed E-state index contributed by atoms with van der Waals surface area (Å²) in [6.07, 6.45) is 1.65. The van der Waals surface area contributed by atoms with Gasteiger partial charge < -0.3 is 9.84 Å². The van der Waals surface area contributed by atoms with Gasteiger partial charge in [-0.05, 0) is 31.9 Å². The van der Waals surface area contributed by atoms with Crippen molar-refractivity contribution in [2.75, 3.05) is 20.3 Å². The number of benzene rings is 1. The zero-order valence-electron chi connectivity index (χ0n) is 15.4. The van der Waals surface area contributed by atoms with Gasteiger partial charge in [-0.1, -0.05) is 53.5 Å². The number of carbonyl (C=O) groups is 1. The molecule has 1 rings (SSSR count). The maximum atomic E-state index is 12.9. The van der Waals surface area contributed by atoms with E-state index in [-0.39, 0.29) is 21.6 Å². The van der Waals surface area contributed by atoms with Crippen LogP contribution in [0.5, 0.6) is 0 Å². The van der Waals surface area contributed by atoms with E-state index in [1.54, 1.807) is 6.92 Å². The van der Waals surface area contributed by atoms with E-state index in [1.165, 1.54) is 24.4 Å². The van der Waals surface area contributed by atoms with Crippen LogP contribution in [-0.2, 0) is 26.0 Å². The summed E-state index contributed by atoms with van der Waals surface area (Å²) in [6.45, 7) is 2.41. The van der Waals surface area contributed by atoms with Crippen molar-refractivity contribution in [2.24, 2.45) is 0 Å². The molecule has 1 N–H and O–H groups in total. The first kappa shape index (κ1) is 23.7. The number of halogens is 2. The van der Waals surface area contributed by atoms with E-state index in [2.05, 4.69) is 0 Å². The van der Waals surface area contributed by atoms with Gasteiger partial charge in [-0.15, -0.1) is 0 Å². The summed E-state index contributed by atoms with van der Waals surface area (Å²) in [6, 6.07) is 8.68. The van der Waals surface area contributed by atoms with Gasteiger partial charge in [-0.25, -0.2) is 13.2 Å². The molecule has 6 nitrogen and oxygen atoms in total. The van der Waals surface area contributed by atoms with Gasteiger partial charge in [0.15, 0.2) is 0 Å². The fraction of sp³-hybridized carbons (Fsp3) is 0.389. The number of carboxylic acids is 1. The first-order chi connectivity index (χ1) is 12.6. The van der Waals surface area contributed by atoms with E-state index in [0.717, 1.165) is 5.56 Å². The maximum absolute atomic E-state index is 12.9. The smallest absolute Gasteiger partial charge is 0.329 e. The van der Waals surface area contributed by atoms with Crippen LogP contribution in [0.3, 0.4) is 0 Å². The largest absolute Gasteiger partial charge is 0.480 e. The Hall–Kier alpha value is -1.38. The highest BCUT2D eigenvalue weighted by Crippen LogP contribution is 2.22. The summed E-state index contributed by atoms with van der Waals surface area (Å²) in [5.41, 5.74) is 0.902. The second-order valence-corrected chi connectivity index (χ2v) is 9.05. The van der Waals surface area contributed by atoms with Gasteiger partial charge >= 0.3 is 5.97 Å². The van der Waals surface area contributed by atoms with E-state index in [1.807, 2.05) is 30.3 Å². The zero-order chi connectivity index (χ0) is 20.6. The SMILES string of the molecule is C/C(Cl)=C(Cl)\C=C(/C)S(=O)(=O)N(C)C(COCC(=O)O)Cc1ccccc1. The predicted molar refractivity (Wildman–Crippen MR) is 107 cm³/mol. The number of sulfonamides is 1. The lowest BCUT2D eigenvalue weighted by atomic mass is 10.1. The number of hydrogen-bond donors (Lipinski definition) is 1. The van der Waals surface area contributed by atoms with Crippen molar-refractivity contribution in [3.8, 4) is 0 Å². The fourth-order valence-corrected chi connectivity index (χ4v) is 3.77. The molecule has 1 aromatic rings. The lowest BCUT2D eigenvalue weighted by Crippen LogP contribution is -2.42. The van der Waals surface area contributed by atoms with E-state index in [4.69, 9.17) is 33.0 Å². The van der Waals surface area contributed by atoms with Crippen molar-refractivity contribution in [1.82, 2.24) is 4.31 Å². The fourth-order valence-electron chi connectivity index (χ4n) is 2.24. The highest BCUT2D eigenvalue weighted by atomic mass is 35.5. The molecule has 0 radical (unpaired) electrons. The van der Waals surface area contributed by atoms with Crippen LogP contribution in [0, 0.1) is 0 Å². The van der Waals surface area contributed by atoms with Crippen molar-refractivity contribution in [3.63, 3.8) is 0 Å². The number of likely N-dealkylation sites (N-methyl/N-ethyl adjacent to an activating group) is 1. The molecular formula is C18H23Cl2NO5S. The van der Waals surface area contributed by atoms with Gasteiger partial charge in [0.1, 0.15) is 6.61 Å². The highest BCUT2D eigenvalue weighted by molar-refractivity contribution is 7.93. The summed E-state index contributed by atoms with van der Waals surface area (Å²) in [4.78, 5) is 10.7. The van der Waals surface area contributed by atoms with E-state index in [0.29, 0.717) is 6.42 Å². The van der Waals surface area contributed by atoms with Crippen LogP contribution >= 0.6 is 23.2 Å². The molecule has 1 unspecified atom stereocenters. The molecule has 9 heteroatoms. The molecule has 0 aliphatic rings. The van der Waals surface area contributed by atoms with Crippen LogP contribution in [0.4, 0.5) is 0 Å². The van der Waals surface area contributed by atoms with Crippen LogP contribution in [0.2, 0.25) is 0 Å². The first-order valence-corrected chi connectivity index (χ1v) is 10.3. The molecule has 1 aromatic carbocycles. The molecule has 0 spiro atoms. The second kappa shape index (κ2) is 10.8. The van der Waals surface area contributed by atoms with Crippen molar-refractivity contribution < 1.29 is 23.1 Å². The van der Waals surface area contributed by atoms with Crippen molar-refractivity contribution >= 4 is 39.2 Å². The van der Waals surface area contributed by atoms with Crippen LogP contribution in [0.1, 0.15) is 19.4 Å². The molecule has 0 aromatic heterocycles. The third kappa shape index (κ3) is 7.63. The van der Waals surface area contributed by atoms with Gasteiger partial charge in [-0.2, -0.15) is 4.31 Å². The summed E-state index contributed by atoms with van der Waals surface area (Å²) in [5, 5.41) is 9.17. The Morgan fingerprint density at radius 1 is 1.26 bits per heavy atom. The lowest BCUT2D eigenvalue weighted by Gasteiger charge is -2.27. The van der Waals surface area contributed by atoms with Crippen LogP contribution in [0.15, 0.2) is 51.4 Å². The third-order valence-corrected chi connectivity index (χ3v) is 6.49. The van der Waals surface area contributed by atoms with Gasteiger partial charge in [0, 0.05) is 12.1 Å². The summed E-state index contributed by atoms with van der Waals surface area (Å²) >= 11 is 11.7. The van der Waals surface area contributed by atoms with Crippen LogP contribution in [-0.4, -0.2) is 50.1 Å². The number of allylic oxidation sites excluding steroid dienone is 4. The van der Waals surface area contributed by atoms with Crippen molar-refractivity contribution in [2.45, 2.75) is 26.3 Å². The van der Waals surface area contributed by atoms with E-state index in [9.17, 15) is 13.2 Å². The number of hydrogen-bond acceptors (Lipinski definition) is 4. The molecule has 0 aliphatic carbocycles. The number of rotatable bonds is 10. The molecule has 0 saturated heterocycles. The Kier molecular flexibility index (Phi) is 9.49. The lowest BCUT2D eigenvalue weighted by molar-refractivity contribution is -0.142. The number of nitrogens with zero attached hydrogens (tertiary/aromatic N) is 1. The summed E-state index contributed by atoms with van der Waals surface area (Å²) in [5.74, 6) is -1.12. The van der Waals surface area contributed by atoms with Crippen LogP contribution < -0.4 is 0 Å². The highest BCUT2D eigenvalue weighted by Gasteiger charge is 2.28. The molecule has 0 amide bonds. The minimum absolute atomic E-state index is 0.0197. The quantitative estimate of drug-likeness (QED) is 0.567. The summed E-state index contributed by atoms with van der Waals surface area (Å²) in [7, 11) is -2.42. The molecule has 27 heavy (non-hydrogen) atoms. The third-order valence-electron chi connectivity index (χ3n) is 3.81.